The number of hydrogen-bond donors (Lipinski definition) is 3. The Kier molecular flexibility index (Phi) is 6.27. The van der Waals surface area contributed by atoms with E-state index in [1.54, 1.807) is 32.0 Å². The van der Waals surface area contributed by atoms with Gasteiger partial charge in [-0.05, 0) is 29.3 Å². The molecule has 3 N–H and O–H groups in total. The van der Waals surface area contributed by atoms with E-state index in [0.717, 1.165) is 0 Å². The van der Waals surface area contributed by atoms with E-state index >= 15 is 0 Å². The van der Waals surface area contributed by atoms with Gasteiger partial charge in [0.1, 0.15) is 11.6 Å². The van der Waals surface area contributed by atoms with Crippen LogP contribution in [-0.2, 0) is 16.6 Å². The predicted octanol–water partition coefficient (Wildman–Crippen LogP) is 2.82. The molecule has 0 saturated carbocycles. The first-order chi connectivity index (χ1) is 12.3. The molecule has 2 rings (SSSR count). The molecule has 0 radical (unpaired) electrons. The molecule has 7 heteroatoms. The summed E-state index contributed by atoms with van der Waals surface area (Å²) in [6, 6.07) is 11.3. The van der Waals surface area contributed by atoms with Gasteiger partial charge in [0.2, 0.25) is 5.91 Å². The lowest BCUT2D eigenvalue weighted by Crippen LogP contribution is -2.49. The second-order valence-electron chi connectivity index (χ2n) is 6.52. The SMILES string of the molecule is CC(C)(CNC(=O)NNC(=O)Cc1ccc(F)cc1)c1ccccc1F. The zero-order chi connectivity index (χ0) is 19.2. The summed E-state index contributed by atoms with van der Waals surface area (Å²) in [7, 11) is 0. The van der Waals surface area contributed by atoms with E-state index in [2.05, 4.69) is 16.2 Å². The number of hydrazine groups is 1. The summed E-state index contributed by atoms with van der Waals surface area (Å²) in [5.41, 5.74) is 4.98. The second-order valence-corrected chi connectivity index (χ2v) is 6.52. The number of rotatable bonds is 5. The fourth-order valence-electron chi connectivity index (χ4n) is 2.41. The van der Waals surface area contributed by atoms with Crippen molar-refractivity contribution in [3.05, 3.63) is 71.3 Å². The minimum Gasteiger partial charge on any atom is -0.336 e. The van der Waals surface area contributed by atoms with Crippen LogP contribution in [0.3, 0.4) is 0 Å². The fraction of sp³-hybridized carbons (Fsp3) is 0.263. The molecule has 0 bridgehead atoms. The zero-order valence-electron chi connectivity index (χ0n) is 14.6. The third kappa shape index (κ3) is 5.54. The Labute approximate surface area is 150 Å². The van der Waals surface area contributed by atoms with Crippen molar-refractivity contribution in [3.63, 3.8) is 0 Å². The molecule has 0 fully saturated rings. The smallest absolute Gasteiger partial charge is 0.333 e. The molecule has 0 aliphatic rings. The van der Waals surface area contributed by atoms with Crippen molar-refractivity contribution in [1.82, 2.24) is 16.2 Å². The highest BCUT2D eigenvalue weighted by molar-refractivity contribution is 5.82. The monoisotopic (exact) mass is 361 g/mol. The van der Waals surface area contributed by atoms with E-state index in [1.165, 1.54) is 30.3 Å². The zero-order valence-corrected chi connectivity index (χ0v) is 14.6. The summed E-state index contributed by atoms with van der Waals surface area (Å²) in [6.07, 6.45) is 0.00127. The Bertz CT molecular complexity index is 777. The quantitative estimate of drug-likeness (QED) is 0.717. The number of carbonyl (C=O) groups is 2. The van der Waals surface area contributed by atoms with Crippen molar-refractivity contribution in [2.24, 2.45) is 0 Å². The van der Waals surface area contributed by atoms with Crippen molar-refractivity contribution in [2.45, 2.75) is 25.7 Å². The number of benzene rings is 2. The van der Waals surface area contributed by atoms with Crippen LogP contribution in [0.5, 0.6) is 0 Å². The van der Waals surface area contributed by atoms with Gasteiger partial charge in [-0.25, -0.2) is 19.0 Å². The van der Waals surface area contributed by atoms with Crippen molar-refractivity contribution < 1.29 is 18.4 Å². The van der Waals surface area contributed by atoms with Gasteiger partial charge < -0.3 is 5.32 Å². The molecule has 0 heterocycles. The van der Waals surface area contributed by atoms with E-state index in [9.17, 15) is 18.4 Å². The molecular formula is C19H21F2N3O2. The van der Waals surface area contributed by atoms with Crippen LogP contribution in [0.25, 0.3) is 0 Å². The lowest BCUT2D eigenvalue weighted by Gasteiger charge is -2.26. The normalized spacial score (nSPS) is 10.9. The van der Waals surface area contributed by atoms with Gasteiger partial charge in [0.25, 0.3) is 0 Å². The number of amides is 3. The van der Waals surface area contributed by atoms with Crippen molar-refractivity contribution in [1.29, 1.82) is 0 Å². The van der Waals surface area contributed by atoms with Crippen LogP contribution in [0, 0.1) is 11.6 Å². The number of halogens is 2. The molecule has 0 atom stereocenters. The lowest BCUT2D eigenvalue weighted by atomic mass is 9.84. The number of hydrogen-bond acceptors (Lipinski definition) is 2. The summed E-state index contributed by atoms with van der Waals surface area (Å²) in [6.45, 7) is 3.78. The molecule has 0 spiro atoms. The Morgan fingerprint density at radius 1 is 0.962 bits per heavy atom. The third-order valence-corrected chi connectivity index (χ3v) is 3.89. The van der Waals surface area contributed by atoms with Gasteiger partial charge in [-0.2, -0.15) is 0 Å². The van der Waals surface area contributed by atoms with Gasteiger partial charge in [-0.3, -0.25) is 10.2 Å². The third-order valence-electron chi connectivity index (χ3n) is 3.89. The highest BCUT2D eigenvalue weighted by Crippen LogP contribution is 2.24. The van der Waals surface area contributed by atoms with Gasteiger partial charge in [0, 0.05) is 12.0 Å². The van der Waals surface area contributed by atoms with Crippen LogP contribution < -0.4 is 16.2 Å². The highest BCUT2D eigenvalue weighted by Gasteiger charge is 2.24. The predicted molar refractivity (Wildman–Crippen MR) is 94.2 cm³/mol. The van der Waals surface area contributed by atoms with Gasteiger partial charge >= 0.3 is 6.03 Å². The Morgan fingerprint density at radius 2 is 1.62 bits per heavy atom. The Hall–Kier alpha value is -2.96. The molecule has 0 saturated heterocycles. The van der Waals surface area contributed by atoms with E-state index in [-0.39, 0.29) is 24.6 Å². The highest BCUT2D eigenvalue weighted by atomic mass is 19.1. The standard InChI is InChI=1S/C19H21F2N3O2/c1-19(2,15-5-3-4-6-16(15)21)12-22-18(26)24-23-17(25)11-13-7-9-14(20)10-8-13/h3-10H,11-12H2,1-2H3,(H,23,25)(H2,22,24,26). The molecule has 5 nitrogen and oxygen atoms in total. The summed E-state index contributed by atoms with van der Waals surface area (Å²) in [4.78, 5) is 23.6. The Morgan fingerprint density at radius 3 is 2.27 bits per heavy atom. The second kappa shape index (κ2) is 8.42. The van der Waals surface area contributed by atoms with Gasteiger partial charge in [-0.15, -0.1) is 0 Å². The summed E-state index contributed by atoms with van der Waals surface area (Å²) >= 11 is 0. The van der Waals surface area contributed by atoms with E-state index < -0.39 is 17.4 Å². The number of nitrogens with one attached hydrogen (secondary N) is 3. The van der Waals surface area contributed by atoms with Gasteiger partial charge in [0.15, 0.2) is 0 Å². The lowest BCUT2D eigenvalue weighted by molar-refractivity contribution is -0.121. The maximum absolute atomic E-state index is 13.9. The molecule has 138 valence electrons. The van der Waals surface area contributed by atoms with Crippen LogP contribution in [0.2, 0.25) is 0 Å². The van der Waals surface area contributed by atoms with Gasteiger partial charge in [0.05, 0.1) is 6.42 Å². The fourth-order valence-corrected chi connectivity index (χ4v) is 2.41. The van der Waals surface area contributed by atoms with Crippen LogP contribution in [-0.4, -0.2) is 18.5 Å². The first-order valence-electron chi connectivity index (χ1n) is 8.10. The van der Waals surface area contributed by atoms with Crippen LogP contribution in [0.4, 0.5) is 13.6 Å². The average molecular weight is 361 g/mol. The Balaban J connectivity index is 1.78. The largest absolute Gasteiger partial charge is 0.336 e. The molecular weight excluding hydrogens is 340 g/mol. The van der Waals surface area contributed by atoms with E-state index in [1.807, 2.05) is 0 Å². The molecule has 2 aromatic rings. The summed E-state index contributed by atoms with van der Waals surface area (Å²) in [5, 5.41) is 2.59. The molecule has 0 aliphatic carbocycles. The van der Waals surface area contributed by atoms with E-state index in [0.29, 0.717) is 11.1 Å². The first-order valence-corrected chi connectivity index (χ1v) is 8.10. The average Bonchev–Trinajstić information content (AvgIpc) is 2.60. The molecule has 0 aromatic heterocycles. The minimum absolute atomic E-state index is 0.00127. The maximum atomic E-state index is 13.9. The summed E-state index contributed by atoms with van der Waals surface area (Å²) < 4.78 is 26.7. The number of urea groups is 1. The van der Waals surface area contributed by atoms with Crippen LogP contribution in [0.1, 0.15) is 25.0 Å². The molecule has 26 heavy (non-hydrogen) atoms. The molecule has 0 unspecified atom stereocenters. The molecule has 3 amide bonds. The van der Waals surface area contributed by atoms with Crippen molar-refractivity contribution in [3.8, 4) is 0 Å². The van der Waals surface area contributed by atoms with Crippen LogP contribution >= 0.6 is 0 Å². The van der Waals surface area contributed by atoms with Gasteiger partial charge in [-0.1, -0.05) is 44.2 Å². The molecule has 0 aliphatic heterocycles. The number of carbonyl (C=O) groups excluding carboxylic acids is 2. The van der Waals surface area contributed by atoms with Crippen LogP contribution in [0.15, 0.2) is 48.5 Å². The van der Waals surface area contributed by atoms with Crippen molar-refractivity contribution >= 4 is 11.9 Å². The van der Waals surface area contributed by atoms with E-state index in [4.69, 9.17) is 0 Å². The first kappa shape index (κ1) is 19.4. The topological polar surface area (TPSA) is 70.2 Å². The maximum Gasteiger partial charge on any atom is 0.333 e. The molecule has 2 aromatic carbocycles. The van der Waals surface area contributed by atoms with Crippen molar-refractivity contribution in [2.75, 3.05) is 6.54 Å². The summed E-state index contributed by atoms with van der Waals surface area (Å²) in [5.74, 6) is -1.17. The minimum atomic E-state index is -0.624.